The van der Waals surface area contributed by atoms with Gasteiger partial charge >= 0.3 is 0 Å². The van der Waals surface area contributed by atoms with Gasteiger partial charge in [-0.05, 0) is 40.9 Å². The molecular formula is C11H15BrClNO. The molecule has 2 nitrogen and oxygen atoms in total. The van der Waals surface area contributed by atoms with Crippen LogP contribution < -0.4 is 4.84 Å². The molecule has 0 atom stereocenters. The molecule has 0 radical (unpaired) electrons. The lowest BCUT2D eigenvalue weighted by Gasteiger charge is -2.26. The SMILES string of the molecule is Brc1ccccc1ON1CCCCC1.Cl. The molecule has 2 rings (SSSR count). The molecule has 0 saturated carbocycles. The average molecular weight is 293 g/mol. The Labute approximate surface area is 105 Å². The summed E-state index contributed by atoms with van der Waals surface area (Å²) >= 11 is 3.47. The van der Waals surface area contributed by atoms with Crippen molar-refractivity contribution in [3.05, 3.63) is 28.7 Å². The maximum Gasteiger partial charge on any atom is 0.161 e. The Kier molecular flexibility index (Phi) is 5.43. The first kappa shape index (κ1) is 12.8. The second kappa shape index (κ2) is 6.36. The largest absolute Gasteiger partial charge is 0.405 e. The highest BCUT2D eigenvalue weighted by Crippen LogP contribution is 2.25. The van der Waals surface area contributed by atoms with Gasteiger partial charge in [-0.15, -0.1) is 17.5 Å². The quantitative estimate of drug-likeness (QED) is 0.825. The molecule has 0 unspecified atom stereocenters. The van der Waals surface area contributed by atoms with Crippen molar-refractivity contribution in [1.82, 2.24) is 5.06 Å². The number of hydroxylamine groups is 2. The van der Waals surface area contributed by atoms with Crippen molar-refractivity contribution in [1.29, 1.82) is 0 Å². The number of piperidine rings is 1. The molecule has 84 valence electrons. The third-order valence-corrected chi connectivity index (χ3v) is 3.03. The lowest BCUT2D eigenvalue weighted by atomic mass is 10.2. The number of para-hydroxylation sites is 1. The molecular weight excluding hydrogens is 277 g/mol. The van der Waals surface area contributed by atoms with Crippen LogP contribution in [0.4, 0.5) is 0 Å². The molecule has 1 saturated heterocycles. The number of benzene rings is 1. The molecule has 15 heavy (non-hydrogen) atoms. The van der Waals surface area contributed by atoms with Gasteiger partial charge in [-0.25, -0.2) is 0 Å². The lowest BCUT2D eigenvalue weighted by Crippen LogP contribution is -2.32. The van der Waals surface area contributed by atoms with Gasteiger partial charge in [-0.3, -0.25) is 0 Å². The molecule has 1 aromatic carbocycles. The first-order chi connectivity index (χ1) is 6.86. The van der Waals surface area contributed by atoms with E-state index in [0.29, 0.717) is 0 Å². The smallest absolute Gasteiger partial charge is 0.161 e. The third-order valence-electron chi connectivity index (χ3n) is 2.38. The van der Waals surface area contributed by atoms with E-state index >= 15 is 0 Å². The van der Waals surface area contributed by atoms with E-state index in [-0.39, 0.29) is 12.4 Å². The first-order valence-electron chi connectivity index (χ1n) is 5.04. The van der Waals surface area contributed by atoms with E-state index in [1.54, 1.807) is 0 Å². The molecule has 1 aliphatic rings. The summed E-state index contributed by atoms with van der Waals surface area (Å²) < 4.78 is 1.02. The van der Waals surface area contributed by atoms with Crippen LogP contribution in [0.2, 0.25) is 0 Å². The standard InChI is InChI=1S/C11H14BrNO.ClH/c12-10-6-2-3-7-11(10)14-13-8-4-1-5-9-13;/h2-3,6-7H,1,4-5,8-9H2;1H. The van der Waals surface area contributed by atoms with Gasteiger partial charge in [0.05, 0.1) is 4.47 Å². The molecule has 1 fully saturated rings. The summed E-state index contributed by atoms with van der Waals surface area (Å²) in [5, 5.41) is 2.05. The van der Waals surface area contributed by atoms with E-state index in [1.807, 2.05) is 29.3 Å². The number of hydrogen-bond acceptors (Lipinski definition) is 2. The lowest BCUT2D eigenvalue weighted by molar-refractivity contribution is -0.0726. The van der Waals surface area contributed by atoms with Gasteiger partial charge in [-0.1, -0.05) is 18.6 Å². The van der Waals surface area contributed by atoms with Crippen LogP contribution in [0.1, 0.15) is 19.3 Å². The highest BCUT2D eigenvalue weighted by molar-refractivity contribution is 9.10. The molecule has 0 N–H and O–H groups in total. The van der Waals surface area contributed by atoms with Gasteiger partial charge in [0.2, 0.25) is 0 Å². The molecule has 1 aromatic rings. The predicted molar refractivity (Wildman–Crippen MR) is 67.4 cm³/mol. The Balaban J connectivity index is 0.00000112. The van der Waals surface area contributed by atoms with Crippen molar-refractivity contribution in [2.24, 2.45) is 0 Å². The Hall–Kier alpha value is -0.250. The summed E-state index contributed by atoms with van der Waals surface area (Å²) in [7, 11) is 0. The Morgan fingerprint density at radius 1 is 1.07 bits per heavy atom. The zero-order valence-corrected chi connectivity index (χ0v) is 10.9. The molecule has 0 aromatic heterocycles. The van der Waals surface area contributed by atoms with Crippen LogP contribution in [0.15, 0.2) is 28.7 Å². The number of hydrogen-bond donors (Lipinski definition) is 0. The number of halogens is 2. The minimum absolute atomic E-state index is 0. The second-order valence-electron chi connectivity index (χ2n) is 3.51. The van der Waals surface area contributed by atoms with Gasteiger partial charge in [0.1, 0.15) is 0 Å². The van der Waals surface area contributed by atoms with Crippen molar-refractivity contribution < 1.29 is 4.84 Å². The van der Waals surface area contributed by atoms with Crippen LogP contribution >= 0.6 is 28.3 Å². The first-order valence-corrected chi connectivity index (χ1v) is 5.83. The van der Waals surface area contributed by atoms with Crippen LogP contribution in [0.25, 0.3) is 0 Å². The Morgan fingerprint density at radius 2 is 1.73 bits per heavy atom. The van der Waals surface area contributed by atoms with Gasteiger partial charge in [0.25, 0.3) is 0 Å². The van der Waals surface area contributed by atoms with Crippen LogP contribution in [0.3, 0.4) is 0 Å². The normalized spacial score (nSPS) is 16.9. The molecule has 0 spiro atoms. The Morgan fingerprint density at radius 3 is 2.40 bits per heavy atom. The second-order valence-corrected chi connectivity index (χ2v) is 4.37. The van der Waals surface area contributed by atoms with Gasteiger partial charge in [-0.2, -0.15) is 0 Å². The van der Waals surface area contributed by atoms with Crippen LogP contribution in [-0.2, 0) is 0 Å². The van der Waals surface area contributed by atoms with Crippen molar-refractivity contribution in [3.8, 4) is 5.75 Å². The average Bonchev–Trinajstić information content (AvgIpc) is 2.23. The van der Waals surface area contributed by atoms with E-state index < -0.39 is 0 Å². The summed E-state index contributed by atoms with van der Waals surface area (Å²) in [4.78, 5) is 5.77. The van der Waals surface area contributed by atoms with E-state index in [1.165, 1.54) is 19.3 Å². The fourth-order valence-corrected chi connectivity index (χ4v) is 1.97. The zero-order valence-electron chi connectivity index (χ0n) is 8.49. The summed E-state index contributed by atoms with van der Waals surface area (Å²) in [6, 6.07) is 7.97. The summed E-state index contributed by atoms with van der Waals surface area (Å²) in [5.74, 6) is 0.911. The van der Waals surface area contributed by atoms with Crippen LogP contribution in [0, 0.1) is 0 Å². The van der Waals surface area contributed by atoms with Gasteiger partial charge in [0, 0.05) is 13.1 Å². The van der Waals surface area contributed by atoms with Gasteiger partial charge in [0.15, 0.2) is 5.75 Å². The monoisotopic (exact) mass is 291 g/mol. The molecule has 0 bridgehead atoms. The number of rotatable bonds is 2. The molecule has 1 heterocycles. The van der Waals surface area contributed by atoms with Crippen molar-refractivity contribution in [2.75, 3.05) is 13.1 Å². The van der Waals surface area contributed by atoms with E-state index in [4.69, 9.17) is 4.84 Å². The molecule has 4 heteroatoms. The summed E-state index contributed by atoms with van der Waals surface area (Å²) in [6.45, 7) is 2.09. The highest BCUT2D eigenvalue weighted by Gasteiger charge is 2.12. The third kappa shape index (κ3) is 3.67. The van der Waals surface area contributed by atoms with Crippen LogP contribution in [-0.4, -0.2) is 18.2 Å². The van der Waals surface area contributed by atoms with Crippen molar-refractivity contribution in [2.45, 2.75) is 19.3 Å². The maximum absolute atomic E-state index is 5.77. The summed E-state index contributed by atoms with van der Waals surface area (Å²) in [5.41, 5.74) is 0. The zero-order chi connectivity index (χ0) is 9.80. The molecule has 0 amide bonds. The topological polar surface area (TPSA) is 12.5 Å². The molecule has 0 aliphatic carbocycles. The van der Waals surface area contributed by atoms with E-state index in [2.05, 4.69) is 15.9 Å². The van der Waals surface area contributed by atoms with Crippen molar-refractivity contribution in [3.63, 3.8) is 0 Å². The predicted octanol–water partition coefficient (Wildman–Crippen LogP) is 3.65. The molecule has 1 aliphatic heterocycles. The maximum atomic E-state index is 5.77. The minimum Gasteiger partial charge on any atom is -0.405 e. The Bertz CT molecular complexity index is 302. The number of nitrogens with zero attached hydrogens (tertiary/aromatic N) is 1. The fraction of sp³-hybridized carbons (Fsp3) is 0.455. The van der Waals surface area contributed by atoms with E-state index in [0.717, 1.165) is 23.3 Å². The van der Waals surface area contributed by atoms with Crippen molar-refractivity contribution >= 4 is 28.3 Å². The van der Waals surface area contributed by atoms with E-state index in [9.17, 15) is 0 Å². The fourth-order valence-electron chi connectivity index (χ4n) is 1.61. The van der Waals surface area contributed by atoms with Crippen LogP contribution in [0.5, 0.6) is 5.75 Å². The summed E-state index contributed by atoms with van der Waals surface area (Å²) in [6.07, 6.45) is 3.81. The minimum atomic E-state index is 0. The van der Waals surface area contributed by atoms with Gasteiger partial charge < -0.3 is 4.84 Å². The highest BCUT2D eigenvalue weighted by atomic mass is 79.9.